The molecular formula is C21H27NO4S. The van der Waals surface area contributed by atoms with Crippen LogP contribution in [0.15, 0.2) is 47.4 Å². The summed E-state index contributed by atoms with van der Waals surface area (Å²) < 4.78 is 39.7. The van der Waals surface area contributed by atoms with Crippen molar-refractivity contribution >= 4 is 10.0 Å². The number of methoxy groups -OCH3 is 1. The standard InChI is InChI=1S/C21H27NO4S/c1-15-10-19(25-4)11-16(2)21(15)27(23,24)22-13-17(3)26-20(14-22)12-18-8-6-5-7-9-18/h5-11,17,20H,12-14H2,1-4H3. The number of ether oxygens (including phenoxy) is 2. The summed E-state index contributed by atoms with van der Waals surface area (Å²) in [6.07, 6.45) is 0.378. The normalized spacial score (nSPS) is 21.2. The summed E-state index contributed by atoms with van der Waals surface area (Å²) in [4.78, 5) is 0.371. The zero-order chi connectivity index (χ0) is 19.6. The minimum Gasteiger partial charge on any atom is -0.497 e. The Hall–Kier alpha value is -1.89. The van der Waals surface area contributed by atoms with Crippen molar-refractivity contribution in [1.29, 1.82) is 0 Å². The highest BCUT2D eigenvalue weighted by atomic mass is 32.2. The number of nitrogens with zero attached hydrogens (tertiary/aromatic N) is 1. The van der Waals surface area contributed by atoms with Gasteiger partial charge in [0.1, 0.15) is 5.75 Å². The van der Waals surface area contributed by atoms with E-state index in [1.54, 1.807) is 23.5 Å². The van der Waals surface area contributed by atoms with Crippen LogP contribution < -0.4 is 4.74 Å². The van der Waals surface area contributed by atoms with Crippen LogP contribution in [0.1, 0.15) is 23.6 Å². The van der Waals surface area contributed by atoms with Crippen molar-refractivity contribution in [2.75, 3.05) is 20.2 Å². The Bertz CT molecular complexity index is 873. The van der Waals surface area contributed by atoms with E-state index in [0.29, 0.717) is 41.3 Å². The topological polar surface area (TPSA) is 55.8 Å². The Morgan fingerprint density at radius 2 is 1.74 bits per heavy atom. The Morgan fingerprint density at radius 3 is 2.33 bits per heavy atom. The van der Waals surface area contributed by atoms with E-state index >= 15 is 0 Å². The van der Waals surface area contributed by atoms with Gasteiger partial charge in [0.25, 0.3) is 0 Å². The molecule has 3 rings (SSSR count). The highest BCUT2D eigenvalue weighted by molar-refractivity contribution is 7.89. The molecule has 2 aromatic carbocycles. The first kappa shape index (κ1) is 19.9. The monoisotopic (exact) mass is 389 g/mol. The molecule has 2 unspecified atom stereocenters. The lowest BCUT2D eigenvalue weighted by molar-refractivity contribution is -0.0529. The van der Waals surface area contributed by atoms with Gasteiger partial charge in [0.15, 0.2) is 0 Å². The molecule has 0 amide bonds. The third kappa shape index (κ3) is 4.34. The first-order valence-corrected chi connectivity index (χ1v) is 10.6. The van der Waals surface area contributed by atoms with E-state index in [2.05, 4.69) is 0 Å². The summed E-state index contributed by atoms with van der Waals surface area (Å²) >= 11 is 0. The molecule has 1 aliphatic rings. The number of hydrogen-bond acceptors (Lipinski definition) is 4. The van der Waals surface area contributed by atoms with Crippen molar-refractivity contribution in [1.82, 2.24) is 4.31 Å². The summed E-state index contributed by atoms with van der Waals surface area (Å²) in [7, 11) is -2.03. The second-order valence-corrected chi connectivity index (χ2v) is 9.05. The van der Waals surface area contributed by atoms with Crippen LogP contribution in [-0.2, 0) is 21.2 Å². The van der Waals surface area contributed by atoms with Crippen LogP contribution in [0, 0.1) is 13.8 Å². The van der Waals surface area contributed by atoms with E-state index in [1.807, 2.05) is 51.1 Å². The summed E-state index contributed by atoms with van der Waals surface area (Å²) in [5, 5.41) is 0. The van der Waals surface area contributed by atoms with Crippen molar-refractivity contribution in [3.05, 3.63) is 59.2 Å². The lowest BCUT2D eigenvalue weighted by Gasteiger charge is -2.36. The molecule has 1 fully saturated rings. The van der Waals surface area contributed by atoms with Gasteiger partial charge >= 0.3 is 0 Å². The second-order valence-electron chi connectivity index (χ2n) is 7.17. The zero-order valence-electron chi connectivity index (χ0n) is 16.3. The zero-order valence-corrected chi connectivity index (χ0v) is 17.1. The van der Waals surface area contributed by atoms with Gasteiger partial charge in [-0.05, 0) is 56.0 Å². The van der Waals surface area contributed by atoms with E-state index < -0.39 is 10.0 Å². The largest absolute Gasteiger partial charge is 0.497 e. The SMILES string of the molecule is COc1cc(C)c(S(=O)(=O)N2CC(C)OC(Cc3ccccc3)C2)c(C)c1. The molecule has 6 heteroatoms. The maximum absolute atomic E-state index is 13.4. The Labute approximate surface area is 162 Å². The van der Waals surface area contributed by atoms with Crippen LogP contribution in [-0.4, -0.2) is 45.1 Å². The molecule has 0 radical (unpaired) electrons. The van der Waals surface area contributed by atoms with Crippen LogP contribution >= 0.6 is 0 Å². The molecule has 146 valence electrons. The van der Waals surface area contributed by atoms with Crippen molar-refractivity contribution in [2.24, 2.45) is 0 Å². The van der Waals surface area contributed by atoms with E-state index in [9.17, 15) is 8.42 Å². The lowest BCUT2D eigenvalue weighted by Crippen LogP contribution is -2.49. The molecule has 0 spiro atoms. The van der Waals surface area contributed by atoms with Gasteiger partial charge in [0.05, 0.1) is 24.2 Å². The van der Waals surface area contributed by atoms with Gasteiger partial charge in [-0.15, -0.1) is 0 Å². The fourth-order valence-electron chi connectivity index (χ4n) is 3.75. The highest BCUT2D eigenvalue weighted by Gasteiger charge is 2.35. The number of rotatable bonds is 5. The van der Waals surface area contributed by atoms with E-state index in [1.165, 1.54) is 0 Å². The fourth-order valence-corrected chi connectivity index (χ4v) is 5.71. The summed E-state index contributed by atoms with van der Waals surface area (Å²) in [5.41, 5.74) is 2.54. The van der Waals surface area contributed by atoms with Gasteiger partial charge in [-0.1, -0.05) is 30.3 Å². The number of morpholine rings is 1. The molecule has 1 saturated heterocycles. The average Bonchev–Trinajstić information content (AvgIpc) is 2.61. The highest BCUT2D eigenvalue weighted by Crippen LogP contribution is 2.30. The van der Waals surface area contributed by atoms with Gasteiger partial charge in [-0.25, -0.2) is 8.42 Å². The van der Waals surface area contributed by atoms with E-state index in [4.69, 9.17) is 9.47 Å². The predicted molar refractivity (Wildman–Crippen MR) is 106 cm³/mol. The van der Waals surface area contributed by atoms with Crippen LogP contribution in [0.5, 0.6) is 5.75 Å². The Morgan fingerprint density at radius 1 is 1.11 bits per heavy atom. The third-order valence-corrected chi connectivity index (χ3v) is 7.00. The fraction of sp³-hybridized carbons (Fsp3) is 0.429. The predicted octanol–water partition coefficient (Wildman–Crippen LogP) is 3.33. The van der Waals surface area contributed by atoms with Crippen molar-refractivity contribution < 1.29 is 17.9 Å². The number of sulfonamides is 1. The molecule has 2 atom stereocenters. The van der Waals surface area contributed by atoms with Gasteiger partial charge < -0.3 is 9.47 Å². The third-order valence-electron chi connectivity index (χ3n) is 4.87. The molecule has 1 aliphatic heterocycles. The lowest BCUT2D eigenvalue weighted by atomic mass is 10.1. The van der Waals surface area contributed by atoms with Crippen LogP contribution in [0.3, 0.4) is 0 Å². The maximum atomic E-state index is 13.4. The quantitative estimate of drug-likeness (QED) is 0.787. The molecule has 0 saturated carbocycles. The Kier molecular flexibility index (Phi) is 5.89. The molecule has 0 N–H and O–H groups in total. The van der Waals surface area contributed by atoms with Gasteiger partial charge in [0, 0.05) is 13.1 Å². The molecule has 0 aromatic heterocycles. The summed E-state index contributed by atoms with van der Waals surface area (Å²) in [6.45, 7) is 6.26. The van der Waals surface area contributed by atoms with Gasteiger partial charge in [0.2, 0.25) is 10.0 Å². The van der Waals surface area contributed by atoms with Gasteiger partial charge in [-0.3, -0.25) is 0 Å². The molecule has 5 nitrogen and oxygen atoms in total. The van der Waals surface area contributed by atoms with E-state index in [-0.39, 0.29) is 12.2 Å². The summed E-state index contributed by atoms with van der Waals surface area (Å²) in [5.74, 6) is 0.668. The molecule has 27 heavy (non-hydrogen) atoms. The first-order valence-electron chi connectivity index (χ1n) is 9.16. The van der Waals surface area contributed by atoms with Crippen LogP contribution in [0.2, 0.25) is 0 Å². The van der Waals surface area contributed by atoms with Crippen molar-refractivity contribution in [3.8, 4) is 5.75 Å². The first-order chi connectivity index (χ1) is 12.8. The molecule has 0 aliphatic carbocycles. The van der Waals surface area contributed by atoms with Gasteiger partial charge in [-0.2, -0.15) is 4.31 Å². The van der Waals surface area contributed by atoms with Crippen molar-refractivity contribution in [3.63, 3.8) is 0 Å². The molecule has 0 bridgehead atoms. The number of aryl methyl sites for hydroxylation is 2. The maximum Gasteiger partial charge on any atom is 0.243 e. The molecule has 2 aromatic rings. The molecular weight excluding hydrogens is 362 g/mol. The van der Waals surface area contributed by atoms with Crippen LogP contribution in [0.25, 0.3) is 0 Å². The average molecular weight is 390 g/mol. The minimum absolute atomic E-state index is 0.152. The van der Waals surface area contributed by atoms with E-state index in [0.717, 1.165) is 5.56 Å². The van der Waals surface area contributed by atoms with Crippen molar-refractivity contribution in [2.45, 2.75) is 44.3 Å². The number of hydrogen-bond donors (Lipinski definition) is 0. The molecule has 1 heterocycles. The second kappa shape index (κ2) is 8.00. The summed E-state index contributed by atoms with van der Waals surface area (Å²) in [6, 6.07) is 13.6. The Balaban J connectivity index is 1.88. The number of benzene rings is 2. The van der Waals surface area contributed by atoms with Crippen LogP contribution in [0.4, 0.5) is 0 Å². The minimum atomic E-state index is -3.61. The smallest absolute Gasteiger partial charge is 0.243 e.